The van der Waals surface area contributed by atoms with E-state index in [4.69, 9.17) is 9.47 Å². The molecule has 3 aliphatic heterocycles. The Balaban J connectivity index is 1.40. The molecule has 2 aliphatic carbocycles. The lowest BCUT2D eigenvalue weighted by Gasteiger charge is -2.42. The van der Waals surface area contributed by atoms with Crippen LogP contribution in [-0.4, -0.2) is 62.4 Å². The van der Waals surface area contributed by atoms with Crippen molar-refractivity contribution in [2.75, 3.05) is 19.8 Å². The van der Waals surface area contributed by atoms with E-state index in [2.05, 4.69) is 10.8 Å². The number of nitrogens with one attached hydrogen (secondary N) is 1. The number of piperidine rings is 1. The largest absolute Gasteiger partial charge is 0.483 e. The van der Waals surface area contributed by atoms with Crippen LogP contribution in [0.1, 0.15) is 62.8 Å². The van der Waals surface area contributed by atoms with E-state index in [0.29, 0.717) is 19.1 Å². The summed E-state index contributed by atoms with van der Waals surface area (Å²) in [5, 5.41) is -0.274. The number of para-hydroxylation sites is 1. The molecule has 170 valence electrons. The number of nitrogens with zero attached hydrogens (tertiary/aromatic N) is 1. The van der Waals surface area contributed by atoms with E-state index in [1.165, 1.54) is 5.56 Å². The van der Waals surface area contributed by atoms with Crippen molar-refractivity contribution < 1.29 is 22.7 Å². The van der Waals surface area contributed by atoms with Crippen molar-refractivity contribution in [3.8, 4) is 5.75 Å². The maximum absolute atomic E-state index is 13.2. The molecule has 5 aliphatic rings. The number of benzene rings is 1. The van der Waals surface area contributed by atoms with Crippen molar-refractivity contribution in [3.05, 3.63) is 29.8 Å². The summed E-state index contributed by atoms with van der Waals surface area (Å²) in [7, 11) is -3.34. The van der Waals surface area contributed by atoms with Crippen molar-refractivity contribution in [3.63, 3.8) is 0 Å². The molecular weight excluding hydrogens is 416 g/mol. The lowest BCUT2D eigenvalue weighted by atomic mass is 9.82. The van der Waals surface area contributed by atoms with Crippen LogP contribution in [-0.2, 0) is 19.6 Å². The summed E-state index contributed by atoms with van der Waals surface area (Å²) in [6.45, 7) is 0.935. The van der Waals surface area contributed by atoms with Gasteiger partial charge in [0.05, 0.1) is 24.0 Å². The summed E-state index contributed by atoms with van der Waals surface area (Å²) in [6, 6.07) is 7.43. The van der Waals surface area contributed by atoms with Gasteiger partial charge >= 0.3 is 0 Å². The van der Waals surface area contributed by atoms with Crippen LogP contribution in [0.15, 0.2) is 24.3 Å². The van der Waals surface area contributed by atoms with Crippen LogP contribution in [0.25, 0.3) is 0 Å². The Morgan fingerprint density at radius 3 is 2.55 bits per heavy atom. The van der Waals surface area contributed by atoms with Crippen LogP contribution in [0.4, 0.5) is 0 Å². The fraction of sp³-hybridized carbons (Fsp3) is 0.696. The number of ether oxygens (including phenoxy) is 2. The number of fused-ring (bicyclic) bond motifs is 5. The van der Waals surface area contributed by atoms with Crippen LogP contribution < -0.4 is 9.46 Å². The number of sulfonamides is 1. The molecule has 1 aromatic rings. The molecule has 1 saturated heterocycles. The number of carbonyl (C=O) groups excluding carboxylic acids is 1. The molecule has 8 heteroatoms. The molecular formula is C23H32N2O5S. The maximum atomic E-state index is 13.2. The van der Waals surface area contributed by atoms with Crippen molar-refractivity contribution in [2.45, 2.75) is 80.7 Å². The molecule has 0 aromatic heterocycles. The Kier molecular flexibility index (Phi) is 5.96. The lowest BCUT2D eigenvalue weighted by molar-refractivity contribution is -0.140. The highest BCUT2D eigenvalue weighted by molar-refractivity contribution is 7.90. The molecule has 2 bridgehead atoms. The third-order valence-corrected chi connectivity index (χ3v) is 9.25. The number of carbonyl (C=O) groups is 1. The van der Waals surface area contributed by atoms with E-state index in [1.54, 1.807) is 4.90 Å². The molecule has 31 heavy (non-hydrogen) atoms. The molecule has 0 spiro atoms. The van der Waals surface area contributed by atoms with Crippen LogP contribution in [0.5, 0.6) is 5.75 Å². The van der Waals surface area contributed by atoms with E-state index in [0.717, 1.165) is 57.1 Å². The predicted molar refractivity (Wildman–Crippen MR) is 116 cm³/mol. The highest BCUT2D eigenvalue weighted by Gasteiger charge is 2.42. The zero-order valence-corrected chi connectivity index (χ0v) is 18.7. The molecule has 2 atom stereocenters. The summed E-state index contributed by atoms with van der Waals surface area (Å²) < 4.78 is 40.5. The quantitative estimate of drug-likeness (QED) is 0.768. The predicted octanol–water partition coefficient (Wildman–Crippen LogP) is 2.56. The smallest absolute Gasteiger partial charge is 0.260 e. The molecule has 6 rings (SSSR count). The minimum absolute atomic E-state index is 0.0360. The monoisotopic (exact) mass is 448 g/mol. The van der Waals surface area contributed by atoms with E-state index in [-0.39, 0.29) is 36.0 Å². The minimum atomic E-state index is -3.34. The molecule has 1 aromatic carbocycles. The van der Waals surface area contributed by atoms with Crippen molar-refractivity contribution >= 4 is 15.9 Å². The van der Waals surface area contributed by atoms with Gasteiger partial charge in [-0.3, -0.25) is 4.79 Å². The molecule has 1 N–H and O–H groups in total. The zero-order chi connectivity index (χ0) is 21.4. The van der Waals surface area contributed by atoms with Gasteiger partial charge in [0.15, 0.2) is 6.61 Å². The second kappa shape index (κ2) is 8.71. The van der Waals surface area contributed by atoms with E-state index in [9.17, 15) is 13.2 Å². The number of rotatable bonds is 3. The topological polar surface area (TPSA) is 84.9 Å². The third kappa shape index (κ3) is 4.61. The first kappa shape index (κ1) is 21.2. The first-order chi connectivity index (χ1) is 15.0. The number of hydrogen-bond donors (Lipinski definition) is 1. The van der Waals surface area contributed by atoms with Crippen molar-refractivity contribution in [2.24, 2.45) is 0 Å². The average molecular weight is 449 g/mol. The standard InChI is InChI=1S/C23H32N2O5S/c26-23-15-30-22-6-2-1-4-19(22)16-7-9-17(10-8-16)29-14-21-20(5-3-13-25(21)23)24-31(27,28)18-11-12-18/h1-2,4,6,16-18,20-21,24H,3,5,7-15H2/t16?,17?,20?,21-/m0/s1. The third-order valence-electron chi connectivity index (χ3n) is 7.27. The second-order valence-electron chi connectivity index (χ2n) is 9.40. The Bertz CT molecular complexity index is 908. The molecule has 0 radical (unpaired) electrons. The number of amides is 1. The van der Waals surface area contributed by atoms with Gasteiger partial charge in [-0.25, -0.2) is 13.1 Å². The highest BCUT2D eigenvalue weighted by Crippen LogP contribution is 2.39. The van der Waals surface area contributed by atoms with Gasteiger partial charge in [0.1, 0.15) is 5.75 Å². The molecule has 7 nitrogen and oxygen atoms in total. The van der Waals surface area contributed by atoms with Gasteiger partial charge in [-0.05, 0) is 68.9 Å². The first-order valence-corrected chi connectivity index (χ1v) is 13.2. The van der Waals surface area contributed by atoms with E-state index >= 15 is 0 Å². The van der Waals surface area contributed by atoms with Crippen molar-refractivity contribution in [1.29, 1.82) is 0 Å². The van der Waals surface area contributed by atoms with E-state index in [1.807, 2.05) is 18.2 Å². The molecule has 3 heterocycles. The van der Waals surface area contributed by atoms with Crippen LogP contribution in [0.2, 0.25) is 0 Å². The first-order valence-electron chi connectivity index (χ1n) is 11.7. The fourth-order valence-corrected chi connectivity index (χ4v) is 6.99. The summed E-state index contributed by atoms with van der Waals surface area (Å²) in [4.78, 5) is 15.0. The van der Waals surface area contributed by atoms with Gasteiger partial charge in [-0.1, -0.05) is 18.2 Å². The zero-order valence-electron chi connectivity index (χ0n) is 17.9. The average Bonchev–Trinajstić information content (AvgIpc) is 3.63. The normalized spacial score (nSPS) is 32.1. The van der Waals surface area contributed by atoms with Crippen LogP contribution in [0.3, 0.4) is 0 Å². The minimum Gasteiger partial charge on any atom is -0.483 e. The van der Waals surface area contributed by atoms with Crippen LogP contribution >= 0.6 is 0 Å². The fourth-order valence-electron chi connectivity index (χ4n) is 5.34. The number of hydrogen-bond acceptors (Lipinski definition) is 5. The van der Waals surface area contributed by atoms with Gasteiger partial charge in [-0.15, -0.1) is 0 Å². The van der Waals surface area contributed by atoms with Gasteiger partial charge in [-0.2, -0.15) is 0 Å². The van der Waals surface area contributed by atoms with Gasteiger partial charge in [0.25, 0.3) is 5.91 Å². The van der Waals surface area contributed by atoms with Gasteiger partial charge < -0.3 is 14.4 Å². The molecule has 1 unspecified atom stereocenters. The Hall–Kier alpha value is -1.64. The van der Waals surface area contributed by atoms with Crippen LogP contribution in [0, 0.1) is 0 Å². The Morgan fingerprint density at radius 2 is 1.77 bits per heavy atom. The lowest BCUT2D eigenvalue weighted by Crippen LogP contribution is -2.60. The molecule has 3 fully saturated rings. The van der Waals surface area contributed by atoms with Gasteiger partial charge in [0.2, 0.25) is 10.0 Å². The Labute approximate surface area is 184 Å². The van der Waals surface area contributed by atoms with Crippen molar-refractivity contribution in [1.82, 2.24) is 9.62 Å². The maximum Gasteiger partial charge on any atom is 0.260 e. The van der Waals surface area contributed by atoms with Gasteiger partial charge in [0, 0.05) is 12.6 Å². The van der Waals surface area contributed by atoms with E-state index < -0.39 is 10.0 Å². The molecule has 1 amide bonds. The summed E-state index contributed by atoms with van der Waals surface area (Å²) in [6.07, 6.45) is 7.10. The Morgan fingerprint density at radius 1 is 1.00 bits per heavy atom. The second-order valence-corrected chi connectivity index (χ2v) is 11.4. The highest BCUT2D eigenvalue weighted by atomic mass is 32.2. The summed E-state index contributed by atoms with van der Waals surface area (Å²) >= 11 is 0. The summed E-state index contributed by atoms with van der Waals surface area (Å²) in [5.74, 6) is 1.11. The SMILES string of the molecule is O=C1COc2ccccc2C2CCC(CC2)OC[C@H]2C(NS(=O)(=O)C3CC3)CCCN12. The summed E-state index contributed by atoms with van der Waals surface area (Å²) in [5.41, 5.74) is 1.18. The molecule has 2 saturated carbocycles.